The van der Waals surface area contributed by atoms with Crippen molar-refractivity contribution in [3.05, 3.63) is 68.4 Å². The van der Waals surface area contributed by atoms with Crippen LogP contribution in [0.1, 0.15) is 29.2 Å². The molecule has 1 fully saturated rings. The molecule has 146 valence electrons. The van der Waals surface area contributed by atoms with Crippen LogP contribution in [0.3, 0.4) is 0 Å². The lowest BCUT2D eigenvalue weighted by molar-refractivity contribution is -0.109. The van der Waals surface area contributed by atoms with E-state index in [-0.39, 0.29) is 28.2 Å². The second-order valence-electron chi connectivity index (χ2n) is 7.59. The molecule has 0 atom stereocenters. The number of carboxylic acids is 1. The summed E-state index contributed by atoms with van der Waals surface area (Å²) < 4.78 is 16.7. The smallest absolute Gasteiger partial charge is 0.341 e. The number of hydrogen-bond donors (Lipinski definition) is 1. The molecule has 0 saturated heterocycles. The molecule has 1 aromatic carbocycles. The molecule has 8 heteroatoms. The summed E-state index contributed by atoms with van der Waals surface area (Å²) in [5.41, 5.74) is 0.337. The third-order valence-electron chi connectivity index (χ3n) is 5.67. The average Bonchev–Trinajstić information content (AvgIpc) is 3.48. The van der Waals surface area contributed by atoms with Crippen LogP contribution < -0.4 is 16.1 Å². The molecule has 7 nitrogen and oxygen atoms in total. The first-order valence-corrected chi connectivity index (χ1v) is 9.41. The molecule has 0 unspecified atom stereocenters. The molecular weight excluding hydrogens is 389 g/mol. The first-order chi connectivity index (χ1) is 14.4. The number of halogens is 1. The average molecular weight is 401 g/mol. The highest BCUT2D eigenvalue weighted by Gasteiger charge is 2.29. The van der Waals surface area contributed by atoms with Gasteiger partial charge in [-0.25, -0.2) is 19.2 Å². The fourth-order valence-corrected chi connectivity index (χ4v) is 4.16. The molecule has 0 spiro atoms. The number of aromatic carboxylic acids is 1. The number of aromatic nitrogens is 3. The number of carboxylic acid groups (broad SMARTS) is 1. The van der Waals surface area contributed by atoms with Crippen LogP contribution >= 0.6 is 0 Å². The van der Waals surface area contributed by atoms with Gasteiger partial charge >= 0.3 is 5.97 Å². The molecule has 1 N–H and O–H groups in total. The van der Waals surface area contributed by atoms with Crippen molar-refractivity contribution in [1.29, 1.82) is 0 Å². The van der Waals surface area contributed by atoms with Crippen molar-refractivity contribution in [2.24, 2.45) is 0 Å². The van der Waals surface area contributed by atoms with Crippen LogP contribution in [-0.2, 0) is 4.79 Å². The van der Waals surface area contributed by atoms with Crippen LogP contribution in [0.4, 0.5) is 4.39 Å². The molecule has 0 bridgehead atoms. The minimum Gasteiger partial charge on any atom is -0.477 e. The first-order valence-electron chi connectivity index (χ1n) is 9.41. The van der Waals surface area contributed by atoms with Gasteiger partial charge in [0.1, 0.15) is 21.9 Å². The maximum absolute atomic E-state index is 15.0. The van der Waals surface area contributed by atoms with Gasteiger partial charge in [-0.1, -0.05) is 12.2 Å². The van der Waals surface area contributed by atoms with E-state index in [0.717, 1.165) is 18.9 Å². The lowest BCUT2D eigenvalue weighted by atomic mass is 10.00. The highest BCUT2D eigenvalue weighted by atomic mass is 19.1. The summed E-state index contributed by atoms with van der Waals surface area (Å²) in [5, 5.41) is 10.1. The fourth-order valence-electron chi connectivity index (χ4n) is 4.16. The van der Waals surface area contributed by atoms with Crippen LogP contribution in [0.2, 0.25) is 0 Å². The summed E-state index contributed by atoms with van der Waals surface area (Å²) >= 11 is 0. The molecule has 3 aliphatic carbocycles. The van der Waals surface area contributed by atoms with Crippen molar-refractivity contribution in [1.82, 2.24) is 14.5 Å². The lowest BCUT2D eigenvalue weighted by Gasteiger charge is -2.13. The summed E-state index contributed by atoms with van der Waals surface area (Å²) in [5.74, 6) is -2.34. The summed E-state index contributed by atoms with van der Waals surface area (Å²) in [4.78, 5) is 45.8. The Morgan fingerprint density at radius 2 is 2.00 bits per heavy atom. The van der Waals surface area contributed by atoms with Gasteiger partial charge in [-0.15, -0.1) is 0 Å². The van der Waals surface area contributed by atoms with Crippen LogP contribution in [0.5, 0.6) is 0 Å². The van der Waals surface area contributed by atoms with Gasteiger partial charge in [0.15, 0.2) is 11.6 Å². The Morgan fingerprint density at radius 1 is 1.20 bits per heavy atom. The summed E-state index contributed by atoms with van der Waals surface area (Å²) in [6.07, 6.45) is 9.44. The molecule has 3 aromatic rings. The van der Waals surface area contributed by atoms with E-state index in [9.17, 15) is 23.9 Å². The number of hydrogen-bond acceptors (Lipinski definition) is 5. The number of nitrogens with zero attached hydrogens (tertiary/aromatic N) is 3. The Morgan fingerprint density at radius 3 is 2.73 bits per heavy atom. The third-order valence-corrected chi connectivity index (χ3v) is 5.67. The van der Waals surface area contributed by atoms with E-state index in [0.29, 0.717) is 27.4 Å². The highest BCUT2D eigenvalue weighted by molar-refractivity contribution is 6.29. The lowest BCUT2D eigenvalue weighted by Crippen LogP contribution is -2.32. The minimum atomic E-state index is -1.36. The van der Waals surface area contributed by atoms with Gasteiger partial charge < -0.3 is 9.67 Å². The van der Waals surface area contributed by atoms with E-state index in [1.165, 1.54) is 12.3 Å². The largest absolute Gasteiger partial charge is 0.477 e. The molecule has 2 heterocycles. The molecule has 30 heavy (non-hydrogen) atoms. The molecule has 0 aliphatic heterocycles. The van der Waals surface area contributed by atoms with Gasteiger partial charge in [0.2, 0.25) is 5.43 Å². The number of ketones is 1. The zero-order valence-corrected chi connectivity index (χ0v) is 15.3. The Hall–Kier alpha value is -3.94. The van der Waals surface area contributed by atoms with E-state index in [2.05, 4.69) is 9.97 Å². The standard InChI is InChI=1S/C22H12FN3O4/c23-13-7-11-20(26(10-4-5-10)8-12(21(11)28)22(29)30)19-17(13)24-14-6-9-2-1-3-15(27)16(9)18(14)25-19/h1-3,6-8,10H,4-5H2,(H,29,30). The van der Waals surface area contributed by atoms with E-state index >= 15 is 0 Å². The SMILES string of the molecule is O=C1C=CC=C2C=c3nc4c(F)cc5c(=O)c(C(=O)O)cn(C6CC6)c5c4nc3=C12. The van der Waals surface area contributed by atoms with Crippen molar-refractivity contribution < 1.29 is 19.1 Å². The zero-order valence-electron chi connectivity index (χ0n) is 15.3. The Balaban J connectivity index is 1.85. The molecule has 2 aromatic heterocycles. The first kappa shape index (κ1) is 17.0. The Bertz CT molecular complexity index is 1620. The van der Waals surface area contributed by atoms with Crippen LogP contribution in [0, 0.1) is 5.82 Å². The maximum Gasteiger partial charge on any atom is 0.341 e. The molecule has 0 amide bonds. The van der Waals surface area contributed by atoms with Crippen molar-refractivity contribution in [2.75, 3.05) is 0 Å². The predicted octanol–water partition coefficient (Wildman–Crippen LogP) is 1.13. The second-order valence-corrected chi connectivity index (χ2v) is 7.59. The van der Waals surface area contributed by atoms with Gasteiger partial charge in [-0.3, -0.25) is 9.59 Å². The normalized spacial score (nSPS) is 17.2. The molecule has 3 aliphatic rings. The number of carbonyl (C=O) groups excluding carboxylic acids is 1. The predicted molar refractivity (Wildman–Crippen MR) is 106 cm³/mol. The van der Waals surface area contributed by atoms with E-state index < -0.39 is 22.8 Å². The molecule has 6 rings (SSSR count). The number of rotatable bonds is 2. The number of fused-ring (bicyclic) bond motifs is 5. The van der Waals surface area contributed by atoms with E-state index in [1.807, 2.05) is 0 Å². The number of benzene rings is 1. The third kappa shape index (κ3) is 2.15. The Kier molecular flexibility index (Phi) is 3.15. The maximum atomic E-state index is 15.0. The number of allylic oxidation sites excluding steroid dienone is 4. The minimum absolute atomic E-state index is 0.00355. The fraction of sp³-hybridized carbons (Fsp3) is 0.136. The van der Waals surface area contributed by atoms with Gasteiger partial charge in [-0.05, 0) is 36.6 Å². The molecular formula is C22H12FN3O4. The Labute approximate surface area is 166 Å². The highest BCUT2D eigenvalue weighted by Crippen LogP contribution is 2.38. The molecule has 0 radical (unpaired) electrons. The van der Waals surface area contributed by atoms with Crippen molar-refractivity contribution in [3.8, 4) is 0 Å². The zero-order chi connectivity index (χ0) is 20.7. The van der Waals surface area contributed by atoms with Gasteiger partial charge in [0, 0.05) is 12.2 Å². The van der Waals surface area contributed by atoms with Gasteiger partial charge in [0.25, 0.3) is 0 Å². The monoisotopic (exact) mass is 401 g/mol. The number of carbonyl (C=O) groups is 2. The summed E-state index contributed by atoms with van der Waals surface area (Å²) in [6.45, 7) is 0. The van der Waals surface area contributed by atoms with E-state index in [4.69, 9.17) is 0 Å². The summed E-state index contributed by atoms with van der Waals surface area (Å²) in [7, 11) is 0. The quantitative estimate of drug-likeness (QED) is 0.646. The van der Waals surface area contributed by atoms with Crippen molar-refractivity contribution >= 4 is 45.3 Å². The summed E-state index contributed by atoms with van der Waals surface area (Å²) in [6, 6.07) is 1.04. The number of pyridine rings is 1. The van der Waals surface area contributed by atoms with E-state index in [1.54, 1.807) is 22.8 Å². The second kappa shape index (κ2) is 5.56. The van der Waals surface area contributed by atoms with Crippen LogP contribution in [0.25, 0.3) is 33.6 Å². The van der Waals surface area contributed by atoms with Crippen LogP contribution in [-0.4, -0.2) is 31.4 Å². The van der Waals surface area contributed by atoms with Crippen LogP contribution in [0.15, 0.2) is 40.9 Å². The van der Waals surface area contributed by atoms with Crippen molar-refractivity contribution in [3.63, 3.8) is 0 Å². The van der Waals surface area contributed by atoms with Gasteiger partial charge in [-0.2, -0.15) is 0 Å². The molecule has 1 saturated carbocycles. The topological polar surface area (TPSA) is 102 Å². The van der Waals surface area contributed by atoms with Crippen molar-refractivity contribution in [2.45, 2.75) is 18.9 Å². The van der Waals surface area contributed by atoms with Gasteiger partial charge in [0.05, 0.1) is 21.8 Å².